The molecule has 5 heteroatoms. The monoisotopic (exact) mass is 208 g/mol. The van der Waals surface area contributed by atoms with Crippen LogP contribution in [0, 0.1) is 0 Å². The Bertz CT molecular complexity index is 513. The van der Waals surface area contributed by atoms with Gasteiger partial charge in [-0.05, 0) is 12.1 Å². The Morgan fingerprint density at radius 3 is 2.86 bits per heavy atom. The summed E-state index contributed by atoms with van der Waals surface area (Å²) in [5.41, 5.74) is 0.287. The fourth-order valence-electron chi connectivity index (χ4n) is 1.17. The number of fused-ring (bicyclic) bond motifs is 1. The van der Waals surface area contributed by atoms with Crippen LogP contribution in [0.2, 0.25) is 5.15 Å². The average molecular weight is 209 g/mol. The first-order valence-electron chi connectivity index (χ1n) is 3.83. The second-order valence-corrected chi connectivity index (χ2v) is 3.02. The van der Waals surface area contributed by atoms with Crippen LogP contribution >= 0.6 is 11.6 Å². The minimum Gasteiger partial charge on any atom is -0.506 e. The summed E-state index contributed by atoms with van der Waals surface area (Å²) >= 11 is 5.79. The van der Waals surface area contributed by atoms with Crippen molar-refractivity contribution in [2.75, 3.05) is 0 Å². The van der Waals surface area contributed by atoms with Crippen molar-refractivity contribution in [2.45, 2.75) is 0 Å². The van der Waals surface area contributed by atoms with Gasteiger partial charge in [0, 0.05) is 5.39 Å². The number of phenolic OH excluding ortho intramolecular Hbond substituents is 1. The molecule has 0 saturated heterocycles. The fraction of sp³-hybridized carbons (Fsp3) is 0. The molecule has 14 heavy (non-hydrogen) atoms. The van der Waals surface area contributed by atoms with Gasteiger partial charge in [0.15, 0.2) is 12.1 Å². The summed E-state index contributed by atoms with van der Waals surface area (Å²) in [6, 6.07) is 4.78. The van der Waals surface area contributed by atoms with E-state index in [4.69, 9.17) is 11.6 Å². The van der Waals surface area contributed by atoms with Crippen LogP contribution < -0.4 is 0 Å². The molecular weight excluding hydrogens is 204 g/mol. The number of halogens is 1. The molecule has 4 nitrogen and oxygen atoms in total. The van der Waals surface area contributed by atoms with E-state index in [0.717, 1.165) is 0 Å². The number of aromatic nitrogens is 2. The molecule has 1 aromatic heterocycles. The lowest BCUT2D eigenvalue weighted by atomic mass is 10.2. The highest BCUT2D eigenvalue weighted by Gasteiger charge is 2.07. The highest BCUT2D eigenvalue weighted by molar-refractivity contribution is 6.34. The van der Waals surface area contributed by atoms with Gasteiger partial charge in [-0.15, -0.1) is 0 Å². The van der Waals surface area contributed by atoms with Crippen LogP contribution in [0.25, 0.3) is 10.9 Å². The van der Waals surface area contributed by atoms with Crippen molar-refractivity contribution in [1.82, 2.24) is 9.97 Å². The molecule has 1 N–H and O–H groups in total. The van der Waals surface area contributed by atoms with Gasteiger partial charge in [0.2, 0.25) is 0 Å². The zero-order valence-electron chi connectivity index (χ0n) is 6.94. The summed E-state index contributed by atoms with van der Waals surface area (Å²) in [4.78, 5) is 18.0. The number of aldehydes is 1. The van der Waals surface area contributed by atoms with E-state index in [1.807, 2.05) is 0 Å². The number of rotatable bonds is 1. The number of aromatic hydroxyl groups is 1. The number of nitrogens with zero attached hydrogens (tertiary/aromatic N) is 2. The van der Waals surface area contributed by atoms with Gasteiger partial charge >= 0.3 is 0 Å². The van der Waals surface area contributed by atoms with Crippen LogP contribution in [0.4, 0.5) is 0 Å². The van der Waals surface area contributed by atoms with E-state index in [0.29, 0.717) is 11.7 Å². The van der Waals surface area contributed by atoms with E-state index in [2.05, 4.69) is 9.97 Å². The SMILES string of the molecule is O=Cc1nc(Cl)c2cccc(O)c2n1. The first-order chi connectivity index (χ1) is 6.72. The third-order valence-corrected chi connectivity index (χ3v) is 2.07. The number of hydrogen-bond donors (Lipinski definition) is 1. The molecule has 1 heterocycles. The molecule has 0 spiro atoms. The molecular formula is C9H5ClN2O2. The molecule has 0 aliphatic rings. The van der Waals surface area contributed by atoms with Gasteiger partial charge in [-0.2, -0.15) is 0 Å². The van der Waals surface area contributed by atoms with Gasteiger partial charge in [-0.1, -0.05) is 17.7 Å². The zero-order valence-corrected chi connectivity index (χ0v) is 7.69. The van der Waals surface area contributed by atoms with Crippen LogP contribution in [0.3, 0.4) is 0 Å². The number of phenols is 1. The van der Waals surface area contributed by atoms with Crippen molar-refractivity contribution in [2.24, 2.45) is 0 Å². The summed E-state index contributed by atoms with van der Waals surface area (Å²) in [6.45, 7) is 0. The quantitative estimate of drug-likeness (QED) is 0.573. The van der Waals surface area contributed by atoms with Crippen molar-refractivity contribution in [3.63, 3.8) is 0 Å². The predicted molar refractivity (Wildman–Crippen MR) is 51.6 cm³/mol. The molecule has 0 unspecified atom stereocenters. The largest absolute Gasteiger partial charge is 0.506 e. The molecule has 0 atom stereocenters. The van der Waals surface area contributed by atoms with Gasteiger partial charge < -0.3 is 5.11 Å². The van der Waals surface area contributed by atoms with Crippen molar-refractivity contribution in [3.05, 3.63) is 29.2 Å². The summed E-state index contributed by atoms with van der Waals surface area (Å²) in [6.07, 6.45) is 0.484. The Morgan fingerprint density at radius 2 is 2.14 bits per heavy atom. The predicted octanol–water partition coefficient (Wildman–Crippen LogP) is 1.80. The van der Waals surface area contributed by atoms with Crippen molar-refractivity contribution in [3.8, 4) is 5.75 Å². The number of benzene rings is 1. The Labute approximate surface area is 84.2 Å². The molecule has 0 fully saturated rings. The van der Waals surface area contributed by atoms with Crippen LogP contribution in [0.15, 0.2) is 18.2 Å². The van der Waals surface area contributed by atoms with Crippen molar-refractivity contribution >= 4 is 28.8 Å². The zero-order chi connectivity index (χ0) is 10.1. The summed E-state index contributed by atoms with van der Waals surface area (Å²) < 4.78 is 0. The first kappa shape index (κ1) is 8.90. The van der Waals surface area contributed by atoms with E-state index in [9.17, 15) is 9.90 Å². The lowest BCUT2D eigenvalue weighted by Crippen LogP contribution is -1.94. The molecule has 0 aliphatic heterocycles. The molecule has 0 amide bonds. The maximum atomic E-state index is 10.4. The molecule has 0 aliphatic carbocycles. The second kappa shape index (κ2) is 3.23. The number of carbonyl (C=O) groups is 1. The van der Waals surface area contributed by atoms with Gasteiger partial charge in [0.1, 0.15) is 16.4 Å². The Kier molecular flexibility index (Phi) is 2.05. The smallest absolute Gasteiger partial charge is 0.194 e. The topological polar surface area (TPSA) is 63.1 Å². The third-order valence-electron chi connectivity index (χ3n) is 1.78. The fourth-order valence-corrected chi connectivity index (χ4v) is 1.41. The van der Waals surface area contributed by atoms with Crippen LogP contribution in [-0.2, 0) is 0 Å². The molecule has 1 aromatic carbocycles. The van der Waals surface area contributed by atoms with E-state index in [1.54, 1.807) is 12.1 Å². The lowest BCUT2D eigenvalue weighted by Gasteiger charge is -2.01. The molecule has 0 radical (unpaired) electrons. The third kappa shape index (κ3) is 1.29. The van der Waals surface area contributed by atoms with Crippen LogP contribution in [0.5, 0.6) is 5.75 Å². The van der Waals surface area contributed by atoms with Gasteiger partial charge in [-0.25, -0.2) is 9.97 Å². The van der Waals surface area contributed by atoms with Crippen molar-refractivity contribution < 1.29 is 9.90 Å². The average Bonchev–Trinajstić information content (AvgIpc) is 2.19. The molecule has 0 bridgehead atoms. The maximum absolute atomic E-state index is 10.4. The van der Waals surface area contributed by atoms with E-state index >= 15 is 0 Å². The highest BCUT2D eigenvalue weighted by atomic mass is 35.5. The van der Waals surface area contributed by atoms with Gasteiger partial charge in [0.05, 0.1) is 0 Å². The first-order valence-corrected chi connectivity index (χ1v) is 4.20. The summed E-state index contributed by atoms with van der Waals surface area (Å²) in [7, 11) is 0. The van der Waals surface area contributed by atoms with Crippen molar-refractivity contribution in [1.29, 1.82) is 0 Å². The summed E-state index contributed by atoms with van der Waals surface area (Å²) in [5.74, 6) is -0.0566. The Balaban J connectivity index is 2.90. The van der Waals surface area contributed by atoms with Gasteiger partial charge in [-0.3, -0.25) is 4.79 Å². The van der Waals surface area contributed by atoms with Crippen LogP contribution in [-0.4, -0.2) is 21.4 Å². The Morgan fingerprint density at radius 1 is 1.36 bits per heavy atom. The molecule has 70 valence electrons. The molecule has 2 rings (SSSR count). The Hall–Kier alpha value is -1.68. The number of hydrogen-bond acceptors (Lipinski definition) is 4. The minimum absolute atomic E-state index is 0.0186. The molecule has 0 saturated carbocycles. The minimum atomic E-state index is -0.0380. The number of carbonyl (C=O) groups excluding carboxylic acids is 1. The maximum Gasteiger partial charge on any atom is 0.194 e. The van der Waals surface area contributed by atoms with E-state index < -0.39 is 0 Å². The van der Waals surface area contributed by atoms with E-state index in [-0.39, 0.29) is 22.2 Å². The standard InChI is InChI=1S/C9H5ClN2O2/c10-9-5-2-1-3-6(14)8(5)11-7(4-13)12-9/h1-4,14H. The van der Waals surface area contributed by atoms with E-state index in [1.165, 1.54) is 6.07 Å². The molecule has 2 aromatic rings. The van der Waals surface area contributed by atoms with Gasteiger partial charge in [0.25, 0.3) is 0 Å². The number of para-hydroxylation sites is 1. The lowest BCUT2D eigenvalue weighted by molar-refractivity contribution is 0.111. The highest BCUT2D eigenvalue weighted by Crippen LogP contribution is 2.26. The van der Waals surface area contributed by atoms with Crippen LogP contribution in [0.1, 0.15) is 10.6 Å². The second-order valence-electron chi connectivity index (χ2n) is 2.66. The summed E-state index contributed by atoms with van der Waals surface area (Å²) in [5, 5.41) is 10.1. The normalized spacial score (nSPS) is 10.4.